The maximum atomic E-state index is 11.7. The number of hydrogen-bond donors (Lipinski definition) is 2. The van der Waals surface area contributed by atoms with Crippen LogP contribution in [0.25, 0.3) is 0 Å². The standard InChI is InChI=1S/C11H21NO3S/c1-8(7-13)16(14,15)12-6-11-5-9-2-3-10(11)4-9/h8-13H,2-7H2,1H3. The zero-order valence-electron chi connectivity index (χ0n) is 9.72. The Labute approximate surface area is 97.5 Å². The molecule has 5 heteroatoms. The molecule has 0 aliphatic heterocycles. The minimum Gasteiger partial charge on any atom is -0.395 e. The normalized spacial score (nSPS) is 35.5. The summed E-state index contributed by atoms with van der Waals surface area (Å²) in [6.45, 7) is 1.78. The lowest BCUT2D eigenvalue weighted by Gasteiger charge is -2.22. The molecule has 2 saturated carbocycles. The van der Waals surface area contributed by atoms with E-state index in [1.807, 2.05) is 0 Å². The molecule has 94 valence electrons. The minimum absolute atomic E-state index is 0.313. The molecule has 0 heterocycles. The highest BCUT2D eigenvalue weighted by atomic mass is 32.2. The second-order valence-corrected chi connectivity index (χ2v) is 7.51. The number of aliphatic hydroxyl groups excluding tert-OH is 1. The van der Waals surface area contributed by atoms with E-state index in [1.54, 1.807) is 0 Å². The lowest BCUT2D eigenvalue weighted by molar-refractivity contribution is 0.293. The van der Waals surface area contributed by atoms with Gasteiger partial charge in [0.2, 0.25) is 10.0 Å². The highest BCUT2D eigenvalue weighted by Crippen LogP contribution is 2.47. The molecule has 0 saturated heterocycles. The van der Waals surface area contributed by atoms with E-state index >= 15 is 0 Å². The van der Waals surface area contributed by atoms with Gasteiger partial charge in [-0.15, -0.1) is 0 Å². The van der Waals surface area contributed by atoms with Gasteiger partial charge in [-0.05, 0) is 43.9 Å². The fourth-order valence-electron chi connectivity index (χ4n) is 3.09. The summed E-state index contributed by atoms with van der Waals surface area (Å²) in [6, 6.07) is 0. The molecule has 0 spiro atoms. The number of aliphatic hydroxyl groups is 1. The van der Waals surface area contributed by atoms with Crippen molar-refractivity contribution in [2.75, 3.05) is 13.2 Å². The van der Waals surface area contributed by atoms with Crippen molar-refractivity contribution in [3.63, 3.8) is 0 Å². The second-order valence-electron chi connectivity index (χ2n) is 5.32. The summed E-state index contributed by atoms with van der Waals surface area (Å²) in [5.74, 6) is 2.10. The quantitative estimate of drug-likeness (QED) is 0.752. The summed E-state index contributed by atoms with van der Waals surface area (Å²) in [7, 11) is -3.31. The number of nitrogens with one attached hydrogen (secondary N) is 1. The SMILES string of the molecule is CC(CO)S(=O)(=O)NCC1CC2CCC1C2. The number of sulfonamides is 1. The highest BCUT2D eigenvalue weighted by Gasteiger charge is 2.39. The second kappa shape index (κ2) is 4.63. The first-order valence-electron chi connectivity index (χ1n) is 6.12. The molecule has 4 unspecified atom stereocenters. The van der Waals surface area contributed by atoms with Gasteiger partial charge in [-0.1, -0.05) is 6.42 Å². The fourth-order valence-corrected chi connectivity index (χ4v) is 4.02. The van der Waals surface area contributed by atoms with E-state index in [0.717, 1.165) is 11.8 Å². The Balaban J connectivity index is 1.84. The monoisotopic (exact) mass is 247 g/mol. The average molecular weight is 247 g/mol. The summed E-state index contributed by atoms with van der Waals surface area (Å²) < 4.78 is 26.0. The van der Waals surface area contributed by atoms with Crippen molar-refractivity contribution in [3.05, 3.63) is 0 Å². The third-order valence-corrected chi connectivity index (χ3v) is 6.00. The number of rotatable bonds is 5. The predicted octanol–water partition coefficient (Wildman–Crippen LogP) is 0.723. The smallest absolute Gasteiger partial charge is 0.216 e. The molecule has 2 aliphatic rings. The molecule has 2 aliphatic carbocycles. The molecule has 4 nitrogen and oxygen atoms in total. The van der Waals surface area contributed by atoms with Crippen LogP contribution in [0.4, 0.5) is 0 Å². The van der Waals surface area contributed by atoms with Crippen LogP contribution in [0.1, 0.15) is 32.6 Å². The van der Waals surface area contributed by atoms with E-state index in [0.29, 0.717) is 12.5 Å². The lowest BCUT2D eigenvalue weighted by Crippen LogP contribution is -2.38. The molecule has 16 heavy (non-hydrogen) atoms. The maximum Gasteiger partial charge on any atom is 0.216 e. The van der Waals surface area contributed by atoms with Crippen LogP contribution in [0.5, 0.6) is 0 Å². The van der Waals surface area contributed by atoms with Gasteiger partial charge >= 0.3 is 0 Å². The topological polar surface area (TPSA) is 66.4 Å². The van der Waals surface area contributed by atoms with Crippen molar-refractivity contribution in [1.29, 1.82) is 0 Å². The van der Waals surface area contributed by atoms with E-state index in [1.165, 1.54) is 32.6 Å². The molecule has 4 atom stereocenters. The molecular formula is C11H21NO3S. The Morgan fingerprint density at radius 3 is 2.62 bits per heavy atom. The first-order valence-corrected chi connectivity index (χ1v) is 7.67. The Hall–Kier alpha value is -0.130. The third-order valence-electron chi connectivity index (χ3n) is 4.22. The van der Waals surface area contributed by atoms with Crippen LogP contribution in [0.2, 0.25) is 0 Å². The van der Waals surface area contributed by atoms with Gasteiger partial charge in [0.05, 0.1) is 11.9 Å². The summed E-state index contributed by atoms with van der Waals surface area (Å²) in [6.07, 6.45) is 5.08. The van der Waals surface area contributed by atoms with Gasteiger partial charge in [0, 0.05) is 6.54 Å². The Bertz CT molecular complexity index is 341. The molecule has 0 radical (unpaired) electrons. The van der Waals surface area contributed by atoms with E-state index in [4.69, 9.17) is 5.11 Å². The molecule has 2 rings (SSSR count). The lowest BCUT2D eigenvalue weighted by atomic mass is 9.89. The molecular weight excluding hydrogens is 226 g/mol. The first kappa shape index (κ1) is 12.3. The molecule has 2 N–H and O–H groups in total. The van der Waals surface area contributed by atoms with Gasteiger partial charge < -0.3 is 5.11 Å². The average Bonchev–Trinajstić information content (AvgIpc) is 2.86. The van der Waals surface area contributed by atoms with Crippen molar-refractivity contribution >= 4 is 10.0 Å². The third kappa shape index (κ3) is 2.41. The molecule has 2 bridgehead atoms. The molecule has 2 fully saturated rings. The summed E-state index contributed by atoms with van der Waals surface area (Å²) in [5, 5.41) is 8.15. The summed E-state index contributed by atoms with van der Waals surface area (Å²) in [5.41, 5.74) is 0. The van der Waals surface area contributed by atoms with Crippen molar-refractivity contribution in [2.24, 2.45) is 17.8 Å². The van der Waals surface area contributed by atoms with Gasteiger partial charge in [-0.3, -0.25) is 0 Å². The minimum atomic E-state index is -3.31. The van der Waals surface area contributed by atoms with Gasteiger partial charge in [0.1, 0.15) is 0 Å². The Morgan fingerprint density at radius 2 is 2.12 bits per heavy atom. The maximum absolute atomic E-state index is 11.7. The van der Waals surface area contributed by atoms with Crippen LogP contribution in [0.3, 0.4) is 0 Å². The van der Waals surface area contributed by atoms with E-state index in [-0.39, 0.29) is 6.61 Å². The molecule has 0 amide bonds. The number of fused-ring (bicyclic) bond motifs is 2. The summed E-state index contributed by atoms with van der Waals surface area (Å²) >= 11 is 0. The molecule has 0 aromatic heterocycles. The van der Waals surface area contributed by atoms with Crippen LogP contribution in [0.15, 0.2) is 0 Å². The molecule has 0 aromatic carbocycles. The zero-order valence-corrected chi connectivity index (χ0v) is 10.5. The summed E-state index contributed by atoms with van der Waals surface area (Å²) in [4.78, 5) is 0. The van der Waals surface area contributed by atoms with Crippen molar-refractivity contribution in [3.8, 4) is 0 Å². The van der Waals surface area contributed by atoms with Crippen molar-refractivity contribution < 1.29 is 13.5 Å². The van der Waals surface area contributed by atoms with Crippen LogP contribution in [-0.4, -0.2) is 31.9 Å². The van der Waals surface area contributed by atoms with Crippen LogP contribution >= 0.6 is 0 Å². The highest BCUT2D eigenvalue weighted by molar-refractivity contribution is 7.90. The van der Waals surface area contributed by atoms with Crippen LogP contribution in [-0.2, 0) is 10.0 Å². The molecule has 0 aromatic rings. The van der Waals surface area contributed by atoms with Crippen LogP contribution < -0.4 is 4.72 Å². The zero-order chi connectivity index (χ0) is 11.8. The Kier molecular flexibility index (Phi) is 3.56. The van der Waals surface area contributed by atoms with Gasteiger partial charge in [0.15, 0.2) is 0 Å². The van der Waals surface area contributed by atoms with E-state index in [9.17, 15) is 8.42 Å². The largest absolute Gasteiger partial charge is 0.395 e. The van der Waals surface area contributed by atoms with Gasteiger partial charge in [-0.25, -0.2) is 13.1 Å². The van der Waals surface area contributed by atoms with E-state index in [2.05, 4.69) is 4.72 Å². The van der Waals surface area contributed by atoms with Crippen molar-refractivity contribution in [2.45, 2.75) is 37.9 Å². The van der Waals surface area contributed by atoms with Gasteiger partial charge in [-0.2, -0.15) is 0 Å². The Morgan fingerprint density at radius 1 is 1.38 bits per heavy atom. The predicted molar refractivity (Wildman–Crippen MR) is 62.4 cm³/mol. The van der Waals surface area contributed by atoms with Crippen LogP contribution in [0, 0.1) is 17.8 Å². The van der Waals surface area contributed by atoms with Crippen molar-refractivity contribution in [1.82, 2.24) is 4.72 Å². The number of hydrogen-bond acceptors (Lipinski definition) is 3. The first-order chi connectivity index (χ1) is 7.53. The fraction of sp³-hybridized carbons (Fsp3) is 1.00. The van der Waals surface area contributed by atoms with Gasteiger partial charge in [0.25, 0.3) is 0 Å². The van der Waals surface area contributed by atoms with E-state index < -0.39 is 15.3 Å².